The maximum Gasteiger partial charge on any atom is 0.277 e. The van der Waals surface area contributed by atoms with Crippen LogP contribution in [0.1, 0.15) is 64.1 Å². The van der Waals surface area contributed by atoms with Crippen LogP contribution in [0.25, 0.3) is 0 Å². The molecule has 0 fully saturated rings. The second kappa shape index (κ2) is 8.69. The van der Waals surface area contributed by atoms with Gasteiger partial charge in [0.2, 0.25) is 5.91 Å². The number of fused-ring (bicyclic) bond motifs is 1. The van der Waals surface area contributed by atoms with Gasteiger partial charge in [-0.15, -0.1) is 11.8 Å². The Kier molecular flexibility index (Phi) is 6.56. The molecule has 2 amide bonds. The highest BCUT2D eigenvalue weighted by Crippen LogP contribution is 2.35. The molecule has 2 heterocycles. The third kappa shape index (κ3) is 4.66. The molecule has 1 aromatic carbocycles. The van der Waals surface area contributed by atoms with Gasteiger partial charge < -0.3 is 5.32 Å². The molecule has 1 aliphatic rings. The predicted molar refractivity (Wildman–Crippen MR) is 127 cm³/mol. The van der Waals surface area contributed by atoms with E-state index in [4.69, 9.17) is 5.10 Å². The van der Waals surface area contributed by atoms with Gasteiger partial charge in [-0.2, -0.15) is 5.10 Å². The molecule has 0 saturated heterocycles. The molecule has 0 aliphatic carbocycles. The summed E-state index contributed by atoms with van der Waals surface area (Å²) in [6, 6.07) is 9.67. The van der Waals surface area contributed by atoms with E-state index in [1.54, 1.807) is 21.3 Å². The van der Waals surface area contributed by atoms with Gasteiger partial charge in [-0.1, -0.05) is 40.7 Å². The van der Waals surface area contributed by atoms with E-state index in [-0.39, 0.29) is 17.2 Å². The number of anilines is 1. The van der Waals surface area contributed by atoms with Crippen molar-refractivity contribution in [3.63, 3.8) is 0 Å². The molecule has 0 saturated carbocycles. The van der Waals surface area contributed by atoms with Crippen LogP contribution >= 0.6 is 11.8 Å². The maximum atomic E-state index is 13.7. The highest BCUT2D eigenvalue weighted by atomic mass is 32.2. The number of carbonyl (C=O) groups excluding carboxylic acids is 2. The molecule has 0 bridgehead atoms. The molecule has 1 atom stereocenters. The zero-order valence-electron chi connectivity index (χ0n) is 19.7. The fourth-order valence-electron chi connectivity index (χ4n) is 3.77. The van der Waals surface area contributed by atoms with E-state index in [0.29, 0.717) is 24.7 Å². The summed E-state index contributed by atoms with van der Waals surface area (Å²) in [5.41, 5.74) is 0.817. The zero-order chi connectivity index (χ0) is 23.0. The Morgan fingerprint density at radius 1 is 1.29 bits per heavy atom. The van der Waals surface area contributed by atoms with Crippen LogP contribution in [0.5, 0.6) is 0 Å². The second-order valence-corrected chi connectivity index (χ2v) is 10.8. The number of nitrogens with zero attached hydrogens (tertiary/aromatic N) is 3. The van der Waals surface area contributed by atoms with Gasteiger partial charge in [0.05, 0.1) is 12.2 Å². The van der Waals surface area contributed by atoms with Crippen molar-refractivity contribution in [3.05, 3.63) is 41.7 Å². The molecular weight excluding hydrogens is 408 g/mol. The Morgan fingerprint density at radius 2 is 2.00 bits per heavy atom. The number of rotatable bonds is 6. The van der Waals surface area contributed by atoms with Crippen molar-refractivity contribution in [1.82, 2.24) is 15.1 Å². The van der Waals surface area contributed by atoms with Gasteiger partial charge in [-0.05, 0) is 49.8 Å². The fourth-order valence-corrected chi connectivity index (χ4v) is 4.22. The number of carbonyl (C=O) groups is 2. The molecule has 168 valence electrons. The number of benzene rings is 1. The van der Waals surface area contributed by atoms with Crippen LogP contribution in [0.4, 0.5) is 5.69 Å². The van der Waals surface area contributed by atoms with Gasteiger partial charge in [0, 0.05) is 22.5 Å². The van der Waals surface area contributed by atoms with E-state index < -0.39 is 5.54 Å². The Balaban J connectivity index is 2.07. The van der Waals surface area contributed by atoms with Gasteiger partial charge in [0.25, 0.3) is 5.91 Å². The van der Waals surface area contributed by atoms with Gasteiger partial charge in [-0.3, -0.25) is 19.2 Å². The number of hydrogen-bond acceptors (Lipinski definition) is 4. The molecule has 31 heavy (non-hydrogen) atoms. The van der Waals surface area contributed by atoms with Gasteiger partial charge in [0.1, 0.15) is 11.2 Å². The molecule has 0 unspecified atom stereocenters. The SMILES string of the molecule is CSc1cccc(N2C(=O)c3cc(C(C)(C)C)nn3C[C@]2(C)C(=O)NCCC(C)C)c1. The van der Waals surface area contributed by atoms with Crippen molar-refractivity contribution in [1.29, 1.82) is 0 Å². The van der Waals surface area contributed by atoms with Crippen molar-refractivity contribution in [2.75, 3.05) is 17.7 Å². The predicted octanol–water partition coefficient (Wildman–Crippen LogP) is 4.48. The van der Waals surface area contributed by atoms with E-state index in [2.05, 4.69) is 39.9 Å². The van der Waals surface area contributed by atoms with Crippen molar-refractivity contribution in [2.24, 2.45) is 5.92 Å². The molecule has 1 aliphatic heterocycles. The molecule has 3 rings (SSSR count). The van der Waals surface area contributed by atoms with Crippen LogP contribution in [0, 0.1) is 5.92 Å². The molecule has 1 aromatic heterocycles. The first kappa shape index (κ1) is 23.4. The summed E-state index contributed by atoms with van der Waals surface area (Å²) >= 11 is 1.61. The lowest BCUT2D eigenvalue weighted by molar-refractivity contribution is -0.126. The topological polar surface area (TPSA) is 67.2 Å². The lowest BCUT2D eigenvalue weighted by atomic mass is 9.91. The smallest absolute Gasteiger partial charge is 0.277 e. The third-order valence-electron chi connectivity index (χ3n) is 5.73. The van der Waals surface area contributed by atoms with Crippen LogP contribution in [-0.2, 0) is 16.8 Å². The minimum atomic E-state index is -1.08. The summed E-state index contributed by atoms with van der Waals surface area (Å²) in [4.78, 5) is 29.9. The first-order valence-electron chi connectivity index (χ1n) is 10.8. The fraction of sp³-hybridized carbons (Fsp3) is 0.542. The zero-order valence-corrected chi connectivity index (χ0v) is 20.5. The molecule has 6 nitrogen and oxygen atoms in total. The Morgan fingerprint density at radius 3 is 2.61 bits per heavy atom. The van der Waals surface area contributed by atoms with Gasteiger partial charge in [-0.25, -0.2) is 0 Å². The summed E-state index contributed by atoms with van der Waals surface area (Å²) in [6.07, 6.45) is 2.89. The van der Waals surface area contributed by atoms with Crippen molar-refractivity contribution >= 4 is 29.3 Å². The van der Waals surface area contributed by atoms with E-state index >= 15 is 0 Å². The first-order valence-corrected chi connectivity index (χ1v) is 12.0. The van der Waals surface area contributed by atoms with Crippen LogP contribution in [-0.4, -0.2) is 39.9 Å². The molecule has 0 spiro atoms. The molecule has 1 N–H and O–H groups in total. The van der Waals surface area contributed by atoms with Gasteiger partial charge >= 0.3 is 0 Å². The minimum absolute atomic E-state index is 0.158. The standard InChI is InChI=1S/C24H34N4O2S/c1-16(2)11-12-25-22(30)24(6)15-27-19(14-20(26-27)23(3,4)5)21(29)28(24)17-9-8-10-18(13-17)31-7/h8-10,13-14,16H,11-12,15H2,1-7H3,(H,25,30)/t24-/m1/s1. The summed E-state index contributed by atoms with van der Waals surface area (Å²) in [5.74, 6) is 0.131. The van der Waals surface area contributed by atoms with Gasteiger partial charge in [0.15, 0.2) is 0 Å². The Hall–Kier alpha value is -2.28. The number of amides is 2. The number of nitrogens with one attached hydrogen (secondary N) is 1. The Bertz CT molecular complexity index is 976. The summed E-state index contributed by atoms with van der Waals surface area (Å²) < 4.78 is 1.71. The maximum absolute atomic E-state index is 13.7. The first-order chi connectivity index (χ1) is 14.5. The average Bonchev–Trinajstić information content (AvgIpc) is 3.12. The third-order valence-corrected chi connectivity index (χ3v) is 6.46. The number of thioether (sulfide) groups is 1. The summed E-state index contributed by atoms with van der Waals surface area (Å²) in [5, 5.41) is 7.77. The summed E-state index contributed by atoms with van der Waals surface area (Å²) in [7, 11) is 0. The lowest BCUT2D eigenvalue weighted by Crippen LogP contribution is -2.64. The van der Waals surface area contributed by atoms with E-state index in [1.807, 2.05) is 43.5 Å². The van der Waals surface area contributed by atoms with E-state index in [0.717, 1.165) is 22.7 Å². The largest absolute Gasteiger partial charge is 0.354 e. The van der Waals surface area contributed by atoms with Crippen molar-refractivity contribution in [2.45, 2.75) is 70.4 Å². The number of hydrogen-bond donors (Lipinski definition) is 1. The second-order valence-electron chi connectivity index (χ2n) is 9.88. The van der Waals surface area contributed by atoms with Crippen molar-refractivity contribution in [3.8, 4) is 0 Å². The number of aromatic nitrogens is 2. The molecule has 7 heteroatoms. The van der Waals surface area contributed by atoms with Crippen LogP contribution in [0.2, 0.25) is 0 Å². The van der Waals surface area contributed by atoms with E-state index in [1.165, 1.54) is 0 Å². The highest BCUT2D eigenvalue weighted by molar-refractivity contribution is 7.98. The molecule has 2 aromatic rings. The molecular formula is C24H34N4O2S. The lowest BCUT2D eigenvalue weighted by Gasteiger charge is -2.43. The normalized spacial score (nSPS) is 19.0. The monoisotopic (exact) mass is 442 g/mol. The molecule has 0 radical (unpaired) electrons. The van der Waals surface area contributed by atoms with Crippen molar-refractivity contribution < 1.29 is 9.59 Å². The average molecular weight is 443 g/mol. The van der Waals surface area contributed by atoms with Crippen LogP contribution in [0.3, 0.4) is 0 Å². The van der Waals surface area contributed by atoms with Crippen LogP contribution in [0.15, 0.2) is 35.2 Å². The summed E-state index contributed by atoms with van der Waals surface area (Å²) in [6.45, 7) is 13.2. The minimum Gasteiger partial charge on any atom is -0.354 e. The Labute approximate surface area is 189 Å². The van der Waals surface area contributed by atoms with Crippen LogP contribution < -0.4 is 10.2 Å². The quantitative estimate of drug-likeness (QED) is 0.670. The van der Waals surface area contributed by atoms with E-state index in [9.17, 15) is 9.59 Å². The highest BCUT2D eigenvalue weighted by Gasteiger charge is 2.49.